The molecule has 3 nitrogen and oxygen atoms in total. The Morgan fingerprint density at radius 1 is 1.15 bits per heavy atom. The smallest absolute Gasteiger partial charge is 0.175 e. The molecule has 2 aromatic rings. The monoisotopic (exact) mass is 328 g/mol. The summed E-state index contributed by atoms with van der Waals surface area (Å²) in [6.45, 7) is -0.0685. The fourth-order valence-electron chi connectivity index (χ4n) is 1.64. The number of benzene rings is 2. The molecule has 0 bridgehead atoms. The standard InChI is InChI=1S/C14H13ClO3S2/c1-20(17,18)13-6-4-12(5-7-13)19-14-8-11(15)3-2-10(14)9-16/h2-8,16H,9H2,1H3. The molecule has 2 aromatic carbocycles. The number of rotatable bonds is 4. The van der Waals surface area contributed by atoms with Crippen LogP contribution in [0.15, 0.2) is 57.2 Å². The van der Waals surface area contributed by atoms with Crippen molar-refractivity contribution in [1.82, 2.24) is 0 Å². The molecule has 0 saturated carbocycles. The van der Waals surface area contributed by atoms with Crippen molar-refractivity contribution in [2.24, 2.45) is 0 Å². The Morgan fingerprint density at radius 2 is 1.80 bits per heavy atom. The van der Waals surface area contributed by atoms with E-state index in [1.54, 1.807) is 42.5 Å². The van der Waals surface area contributed by atoms with Gasteiger partial charge in [-0.1, -0.05) is 29.4 Å². The number of sulfone groups is 1. The van der Waals surface area contributed by atoms with Gasteiger partial charge in [-0.3, -0.25) is 0 Å². The lowest BCUT2D eigenvalue weighted by atomic mass is 10.2. The normalized spacial score (nSPS) is 11.6. The van der Waals surface area contributed by atoms with Gasteiger partial charge >= 0.3 is 0 Å². The van der Waals surface area contributed by atoms with E-state index in [1.165, 1.54) is 18.0 Å². The molecule has 6 heteroatoms. The van der Waals surface area contributed by atoms with Gasteiger partial charge in [0.2, 0.25) is 0 Å². The molecule has 0 atom stereocenters. The van der Waals surface area contributed by atoms with Gasteiger partial charge in [-0.25, -0.2) is 8.42 Å². The van der Waals surface area contributed by atoms with Crippen LogP contribution in [0.25, 0.3) is 0 Å². The Kier molecular flexibility index (Phi) is 4.75. The number of aliphatic hydroxyl groups excluding tert-OH is 1. The highest BCUT2D eigenvalue weighted by atomic mass is 35.5. The maximum Gasteiger partial charge on any atom is 0.175 e. The van der Waals surface area contributed by atoms with Gasteiger partial charge in [0.25, 0.3) is 0 Å². The quantitative estimate of drug-likeness (QED) is 0.934. The van der Waals surface area contributed by atoms with Gasteiger partial charge in [0.15, 0.2) is 9.84 Å². The minimum absolute atomic E-state index is 0.0685. The Morgan fingerprint density at radius 3 is 2.35 bits per heavy atom. The van der Waals surface area contributed by atoms with Crippen molar-refractivity contribution in [3.05, 3.63) is 53.1 Å². The lowest BCUT2D eigenvalue weighted by molar-refractivity contribution is 0.279. The van der Waals surface area contributed by atoms with Crippen LogP contribution in [0.2, 0.25) is 5.02 Å². The zero-order chi connectivity index (χ0) is 14.8. The molecule has 0 unspecified atom stereocenters. The van der Waals surface area contributed by atoms with Gasteiger partial charge in [0.1, 0.15) is 0 Å². The molecule has 0 spiro atoms. The second-order valence-electron chi connectivity index (χ2n) is 4.26. The van der Waals surface area contributed by atoms with E-state index in [4.69, 9.17) is 11.6 Å². The van der Waals surface area contributed by atoms with E-state index in [9.17, 15) is 13.5 Å². The molecule has 1 N–H and O–H groups in total. The zero-order valence-electron chi connectivity index (χ0n) is 10.7. The molecule has 106 valence electrons. The molecule has 0 radical (unpaired) electrons. The fraction of sp³-hybridized carbons (Fsp3) is 0.143. The minimum atomic E-state index is -3.18. The van der Waals surface area contributed by atoms with E-state index in [2.05, 4.69) is 0 Å². The predicted molar refractivity (Wildman–Crippen MR) is 81.0 cm³/mol. The third-order valence-electron chi connectivity index (χ3n) is 2.68. The Labute approximate surface area is 127 Å². The van der Waals surface area contributed by atoms with Crippen molar-refractivity contribution in [3.8, 4) is 0 Å². The molecular formula is C14H13ClO3S2. The van der Waals surface area contributed by atoms with Gasteiger partial charge in [0, 0.05) is 21.1 Å². The van der Waals surface area contributed by atoms with Crippen LogP contribution in [0, 0.1) is 0 Å². The summed E-state index contributed by atoms with van der Waals surface area (Å²) in [7, 11) is -3.18. The molecule has 0 amide bonds. The van der Waals surface area contributed by atoms with Gasteiger partial charge in [0.05, 0.1) is 11.5 Å². The van der Waals surface area contributed by atoms with Crippen molar-refractivity contribution < 1.29 is 13.5 Å². The highest BCUT2D eigenvalue weighted by Gasteiger charge is 2.08. The van der Waals surface area contributed by atoms with Crippen LogP contribution >= 0.6 is 23.4 Å². The number of aliphatic hydroxyl groups is 1. The molecule has 20 heavy (non-hydrogen) atoms. The third-order valence-corrected chi connectivity index (χ3v) is 5.15. The Hall–Kier alpha value is -1.01. The molecule has 0 saturated heterocycles. The number of halogens is 1. The van der Waals surface area contributed by atoms with Gasteiger partial charge in [-0.05, 0) is 42.0 Å². The highest BCUT2D eigenvalue weighted by Crippen LogP contribution is 2.33. The lowest BCUT2D eigenvalue weighted by Gasteiger charge is -2.08. The van der Waals surface area contributed by atoms with E-state index >= 15 is 0 Å². The van der Waals surface area contributed by atoms with Crippen molar-refractivity contribution in [2.75, 3.05) is 6.26 Å². The van der Waals surface area contributed by atoms with E-state index in [0.717, 1.165) is 15.4 Å². The van der Waals surface area contributed by atoms with E-state index in [0.29, 0.717) is 5.02 Å². The summed E-state index contributed by atoms with van der Waals surface area (Å²) in [5.74, 6) is 0. The Balaban J connectivity index is 2.29. The molecule has 0 aromatic heterocycles. The van der Waals surface area contributed by atoms with Crippen LogP contribution in [-0.4, -0.2) is 19.8 Å². The Bertz CT molecular complexity index is 710. The van der Waals surface area contributed by atoms with Crippen LogP contribution < -0.4 is 0 Å². The largest absolute Gasteiger partial charge is 0.392 e. The second kappa shape index (κ2) is 6.18. The van der Waals surface area contributed by atoms with Crippen LogP contribution in [-0.2, 0) is 16.4 Å². The SMILES string of the molecule is CS(=O)(=O)c1ccc(Sc2cc(Cl)ccc2CO)cc1. The highest BCUT2D eigenvalue weighted by molar-refractivity contribution is 7.99. The van der Waals surface area contributed by atoms with Crippen LogP contribution in [0.1, 0.15) is 5.56 Å². The van der Waals surface area contributed by atoms with Gasteiger partial charge < -0.3 is 5.11 Å². The molecule has 0 aliphatic rings. The molecule has 0 fully saturated rings. The third kappa shape index (κ3) is 3.76. The van der Waals surface area contributed by atoms with Gasteiger partial charge in [-0.15, -0.1) is 0 Å². The fourth-order valence-corrected chi connectivity index (χ4v) is 3.48. The first kappa shape index (κ1) is 15.4. The van der Waals surface area contributed by atoms with E-state index in [1.807, 2.05) is 0 Å². The summed E-state index contributed by atoms with van der Waals surface area (Å²) in [6, 6.07) is 11.9. The molecule has 2 rings (SSSR count). The van der Waals surface area contributed by atoms with Crippen LogP contribution in [0.3, 0.4) is 0 Å². The minimum Gasteiger partial charge on any atom is -0.392 e. The van der Waals surface area contributed by atoms with E-state index < -0.39 is 9.84 Å². The summed E-state index contributed by atoms with van der Waals surface area (Å²) >= 11 is 7.38. The number of hydrogen-bond donors (Lipinski definition) is 1. The van der Waals surface area contributed by atoms with E-state index in [-0.39, 0.29) is 11.5 Å². The average molecular weight is 329 g/mol. The maximum atomic E-state index is 11.4. The van der Waals surface area contributed by atoms with Crippen LogP contribution in [0.4, 0.5) is 0 Å². The second-order valence-corrected chi connectivity index (χ2v) is 7.82. The molecule has 0 aliphatic heterocycles. The summed E-state index contributed by atoms with van der Waals surface area (Å²) in [5.41, 5.74) is 0.784. The van der Waals surface area contributed by atoms with Crippen LogP contribution in [0.5, 0.6) is 0 Å². The maximum absolute atomic E-state index is 11.4. The van der Waals surface area contributed by atoms with Crippen molar-refractivity contribution >= 4 is 33.2 Å². The first-order chi connectivity index (χ1) is 9.40. The van der Waals surface area contributed by atoms with Gasteiger partial charge in [-0.2, -0.15) is 0 Å². The van der Waals surface area contributed by atoms with Crippen molar-refractivity contribution in [1.29, 1.82) is 0 Å². The molecular weight excluding hydrogens is 316 g/mol. The molecule has 0 aliphatic carbocycles. The summed E-state index contributed by atoms with van der Waals surface area (Å²) in [5, 5.41) is 9.90. The topological polar surface area (TPSA) is 54.4 Å². The average Bonchev–Trinajstić information content (AvgIpc) is 2.38. The zero-order valence-corrected chi connectivity index (χ0v) is 13.1. The predicted octanol–water partition coefficient (Wildman–Crippen LogP) is 3.39. The first-order valence-electron chi connectivity index (χ1n) is 5.77. The van der Waals surface area contributed by atoms with Crippen molar-refractivity contribution in [3.63, 3.8) is 0 Å². The first-order valence-corrected chi connectivity index (χ1v) is 8.86. The lowest BCUT2D eigenvalue weighted by Crippen LogP contribution is -1.96. The number of hydrogen-bond acceptors (Lipinski definition) is 4. The summed E-state index contributed by atoms with van der Waals surface area (Å²) < 4.78 is 22.8. The summed E-state index contributed by atoms with van der Waals surface area (Å²) in [4.78, 5) is 2.02. The molecule has 0 heterocycles. The van der Waals surface area contributed by atoms with Crippen molar-refractivity contribution in [2.45, 2.75) is 21.3 Å². The summed E-state index contributed by atoms with van der Waals surface area (Å²) in [6.07, 6.45) is 1.18.